The molecule has 0 atom stereocenters. The van der Waals surface area contributed by atoms with Crippen molar-refractivity contribution < 1.29 is 14.0 Å². The van der Waals surface area contributed by atoms with Crippen molar-refractivity contribution in [2.24, 2.45) is 17.8 Å². The number of nitrogens with one attached hydrogen (secondary N) is 2. The van der Waals surface area contributed by atoms with Crippen LogP contribution in [0.25, 0.3) is 0 Å². The first-order chi connectivity index (χ1) is 11.0. The van der Waals surface area contributed by atoms with Crippen molar-refractivity contribution in [1.82, 2.24) is 5.32 Å². The van der Waals surface area contributed by atoms with Crippen LogP contribution in [-0.2, 0) is 9.59 Å². The third-order valence-electron chi connectivity index (χ3n) is 5.71. The summed E-state index contributed by atoms with van der Waals surface area (Å²) < 4.78 is 13.2. The maximum Gasteiger partial charge on any atom is 0.313 e. The predicted molar refractivity (Wildman–Crippen MR) is 84.1 cm³/mol. The first-order valence-electron chi connectivity index (χ1n) is 8.40. The molecule has 0 aliphatic heterocycles. The minimum Gasteiger partial charge on any atom is -0.342 e. The van der Waals surface area contributed by atoms with Crippen LogP contribution in [0.15, 0.2) is 24.3 Å². The molecule has 5 rings (SSSR count). The van der Waals surface area contributed by atoms with Crippen LogP contribution in [0, 0.1) is 23.6 Å². The summed E-state index contributed by atoms with van der Waals surface area (Å²) in [5.41, 5.74) is 0.112. The second-order valence-corrected chi connectivity index (χ2v) is 7.62. The van der Waals surface area contributed by atoms with Crippen molar-refractivity contribution in [1.29, 1.82) is 0 Å². The van der Waals surface area contributed by atoms with Crippen LogP contribution in [0.4, 0.5) is 10.1 Å². The molecule has 2 amide bonds. The van der Waals surface area contributed by atoms with Crippen LogP contribution >= 0.6 is 0 Å². The van der Waals surface area contributed by atoms with E-state index in [2.05, 4.69) is 10.6 Å². The van der Waals surface area contributed by atoms with E-state index in [1.807, 2.05) is 0 Å². The second-order valence-electron chi connectivity index (χ2n) is 7.62. The highest BCUT2D eigenvalue weighted by Gasteiger charge is 2.51. The average molecular weight is 316 g/mol. The molecule has 4 nitrogen and oxygen atoms in total. The number of amides is 2. The molecule has 5 heteroatoms. The fraction of sp³-hybridized carbons (Fsp3) is 0.556. The molecule has 122 valence electrons. The van der Waals surface area contributed by atoms with Gasteiger partial charge >= 0.3 is 11.8 Å². The zero-order valence-corrected chi connectivity index (χ0v) is 13.0. The van der Waals surface area contributed by atoms with Gasteiger partial charge < -0.3 is 10.6 Å². The molecule has 0 aromatic heterocycles. The van der Waals surface area contributed by atoms with Gasteiger partial charge in [-0.1, -0.05) is 6.07 Å². The Morgan fingerprint density at radius 1 is 1.00 bits per heavy atom. The molecular formula is C18H21FN2O2. The monoisotopic (exact) mass is 316 g/mol. The third kappa shape index (κ3) is 2.84. The van der Waals surface area contributed by atoms with Crippen molar-refractivity contribution in [3.63, 3.8) is 0 Å². The standard InChI is InChI=1S/C18H21FN2O2/c19-14-2-1-3-15(7-14)20-16(22)17(23)21-18-8-11-4-12(9-18)6-13(5-11)10-18/h1-3,7,11-13H,4-6,8-10H2,(H,20,22)(H,21,23). The highest BCUT2D eigenvalue weighted by Crippen LogP contribution is 2.55. The smallest absolute Gasteiger partial charge is 0.313 e. The number of hydrogen-bond donors (Lipinski definition) is 2. The lowest BCUT2D eigenvalue weighted by Crippen LogP contribution is -2.61. The number of hydrogen-bond acceptors (Lipinski definition) is 2. The summed E-state index contributed by atoms with van der Waals surface area (Å²) in [6.07, 6.45) is 6.84. The summed E-state index contributed by atoms with van der Waals surface area (Å²) in [6, 6.07) is 5.57. The maximum absolute atomic E-state index is 13.2. The van der Waals surface area contributed by atoms with Gasteiger partial charge in [-0.3, -0.25) is 9.59 Å². The summed E-state index contributed by atoms with van der Waals surface area (Å²) in [7, 11) is 0. The highest BCUT2D eigenvalue weighted by atomic mass is 19.1. The predicted octanol–water partition coefficient (Wildman–Crippen LogP) is 2.85. The topological polar surface area (TPSA) is 58.2 Å². The molecule has 4 aliphatic carbocycles. The molecule has 4 saturated carbocycles. The minimum absolute atomic E-state index is 0.189. The Morgan fingerprint density at radius 2 is 1.61 bits per heavy atom. The van der Waals surface area contributed by atoms with E-state index < -0.39 is 17.6 Å². The molecule has 0 saturated heterocycles. The summed E-state index contributed by atoms with van der Waals surface area (Å²) >= 11 is 0. The van der Waals surface area contributed by atoms with E-state index in [0.717, 1.165) is 19.3 Å². The minimum atomic E-state index is -0.716. The molecule has 4 fully saturated rings. The van der Waals surface area contributed by atoms with E-state index in [1.165, 1.54) is 37.5 Å². The Morgan fingerprint density at radius 3 is 2.17 bits per heavy atom. The Hall–Kier alpha value is -1.91. The van der Waals surface area contributed by atoms with Gasteiger partial charge in [0.2, 0.25) is 0 Å². The molecule has 0 heterocycles. The zero-order chi connectivity index (χ0) is 16.0. The Balaban J connectivity index is 1.42. The van der Waals surface area contributed by atoms with Crippen LogP contribution in [0.3, 0.4) is 0 Å². The quantitative estimate of drug-likeness (QED) is 0.824. The lowest BCUT2D eigenvalue weighted by atomic mass is 9.53. The molecule has 23 heavy (non-hydrogen) atoms. The van der Waals surface area contributed by atoms with Crippen molar-refractivity contribution in [2.45, 2.75) is 44.1 Å². The van der Waals surface area contributed by atoms with Gasteiger partial charge in [-0.05, 0) is 74.5 Å². The first kappa shape index (κ1) is 14.7. The van der Waals surface area contributed by atoms with Crippen LogP contribution in [0.1, 0.15) is 38.5 Å². The number of anilines is 1. The van der Waals surface area contributed by atoms with Gasteiger partial charge in [0, 0.05) is 11.2 Å². The van der Waals surface area contributed by atoms with Crippen molar-refractivity contribution in [3.8, 4) is 0 Å². The summed E-state index contributed by atoms with van der Waals surface area (Å²) in [4.78, 5) is 24.4. The van der Waals surface area contributed by atoms with Gasteiger partial charge in [0.15, 0.2) is 0 Å². The van der Waals surface area contributed by atoms with E-state index in [9.17, 15) is 14.0 Å². The van der Waals surface area contributed by atoms with Gasteiger partial charge in [-0.2, -0.15) is 0 Å². The van der Waals surface area contributed by atoms with Gasteiger partial charge in [-0.15, -0.1) is 0 Å². The van der Waals surface area contributed by atoms with E-state index in [1.54, 1.807) is 6.07 Å². The summed E-state index contributed by atoms with van der Waals surface area (Å²) in [6.45, 7) is 0. The van der Waals surface area contributed by atoms with Crippen LogP contribution in [-0.4, -0.2) is 17.4 Å². The largest absolute Gasteiger partial charge is 0.342 e. The van der Waals surface area contributed by atoms with Gasteiger partial charge in [0.05, 0.1) is 0 Å². The molecule has 4 bridgehead atoms. The maximum atomic E-state index is 13.2. The van der Waals surface area contributed by atoms with Gasteiger partial charge in [0.1, 0.15) is 5.82 Å². The fourth-order valence-electron chi connectivity index (χ4n) is 5.32. The average Bonchev–Trinajstić information content (AvgIpc) is 2.45. The molecule has 0 spiro atoms. The molecular weight excluding hydrogens is 295 g/mol. The first-order valence-corrected chi connectivity index (χ1v) is 8.40. The number of benzene rings is 1. The molecule has 0 radical (unpaired) electrons. The summed E-state index contributed by atoms with van der Waals surface area (Å²) in [5, 5.41) is 5.49. The lowest BCUT2D eigenvalue weighted by molar-refractivity contribution is -0.139. The van der Waals surface area contributed by atoms with Crippen molar-refractivity contribution in [3.05, 3.63) is 30.1 Å². The highest BCUT2D eigenvalue weighted by molar-refractivity contribution is 6.39. The van der Waals surface area contributed by atoms with Gasteiger partial charge in [0.25, 0.3) is 0 Å². The van der Waals surface area contributed by atoms with Crippen molar-refractivity contribution in [2.75, 3.05) is 5.32 Å². The molecule has 1 aromatic carbocycles. The number of halogens is 1. The Bertz CT molecular complexity index is 623. The number of carbonyl (C=O) groups excluding carboxylic acids is 2. The summed E-state index contributed by atoms with van der Waals surface area (Å²) in [5.74, 6) is 0.348. The fourth-order valence-corrected chi connectivity index (χ4v) is 5.32. The van der Waals surface area contributed by atoms with Crippen molar-refractivity contribution >= 4 is 17.5 Å². The van der Waals surface area contributed by atoms with E-state index in [4.69, 9.17) is 0 Å². The molecule has 1 aromatic rings. The lowest BCUT2D eigenvalue weighted by Gasteiger charge is -2.56. The van der Waals surface area contributed by atoms with Gasteiger partial charge in [-0.25, -0.2) is 4.39 Å². The second kappa shape index (κ2) is 5.32. The Kier molecular flexibility index (Phi) is 3.39. The normalized spacial score (nSPS) is 34.2. The molecule has 4 aliphatic rings. The Labute approximate surface area is 134 Å². The van der Waals surface area contributed by atoms with Crippen LogP contribution in [0.5, 0.6) is 0 Å². The third-order valence-corrected chi connectivity index (χ3v) is 5.71. The molecule has 2 N–H and O–H groups in total. The van der Waals surface area contributed by atoms with E-state index in [0.29, 0.717) is 23.4 Å². The van der Waals surface area contributed by atoms with E-state index in [-0.39, 0.29) is 5.54 Å². The number of carbonyl (C=O) groups is 2. The zero-order valence-electron chi connectivity index (χ0n) is 13.0. The SMILES string of the molecule is O=C(Nc1cccc(F)c1)C(=O)NC12CC3CC(CC(C3)C1)C2. The molecule has 0 unspecified atom stereocenters. The van der Waals surface area contributed by atoms with Crippen LogP contribution < -0.4 is 10.6 Å². The van der Waals surface area contributed by atoms with E-state index >= 15 is 0 Å². The number of rotatable bonds is 2. The van der Waals surface area contributed by atoms with Crippen LogP contribution in [0.2, 0.25) is 0 Å².